The molecule has 13 heterocycles. The van der Waals surface area contributed by atoms with Crippen molar-refractivity contribution in [3.63, 3.8) is 0 Å². The number of benzene rings is 5. The third kappa shape index (κ3) is 20.8. The fraction of sp³-hybridized carbons (Fsp3) is 0.169. The Morgan fingerprint density at radius 3 is 1.50 bits per heavy atom. The van der Waals surface area contributed by atoms with Crippen molar-refractivity contribution < 1.29 is 8.78 Å². The van der Waals surface area contributed by atoms with E-state index < -0.39 is 0 Å². The van der Waals surface area contributed by atoms with E-state index in [2.05, 4.69) is 207 Å². The molecule has 3 aliphatic rings. The maximum atomic E-state index is 13.7. The van der Waals surface area contributed by atoms with Gasteiger partial charge < -0.3 is 31.9 Å². The number of aromatic amines is 5. The first-order valence-corrected chi connectivity index (χ1v) is 38.5. The molecular formula is C83H66Cl5F2N29. The number of rotatable bonds is 12. The summed E-state index contributed by atoms with van der Waals surface area (Å²) in [5, 5.41) is 59.2. The first kappa shape index (κ1) is 81.5. The van der Waals surface area contributed by atoms with Crippen LogP contribution in [0.15, 0.2) is 134 Å². The highest BCUT2D eigenvalue weighted by Crippen LogP contribution is 2.35. The highest BCUT2D eigenvalue weighted by atomic mass is 35.5. The highest BCUT2D eigenvalue weighted by Gasteiger charge is 2.26. The van der Waals surface area contributed by atoms with Crippen molar-refractivity contribution in [2.75, 3.05) is 39.7 Å². The zero-order chi connectivity index (χ0) is 82.7. The predicted octanol–water partition coefficient (Wildman–Crippen LogP) is 16.1. The Kier molecular flexibility index (Phi) is 26.4. The Balaban J connectivity index is 0.000000120. The second-order valence-electron chi connectivity index (χ2n) is 26.4. The average molecular weight is 1680 g/mol. The monoisotopic (exact) mass is 1680 g/mol. The number of nitrogens with zero attached hydrogens (tertiary/aromatic N) is 18. The number of nitrogens with one attached hydrogen (secondary N) is 11. The number of hydrogen-bond donors (Lipinski definition) is 11. The maximum absolute atomic E-state index is 13.7. The largest absolute Gasteiger partial charge is 0.323 e. The van der Waals surface area contributed by atoms with Crippen molar-refractivity contribution in [1.29, 1.82) is 0 Å². The summed E-state index contributed by atoms with van der Waals surface area (Å²) in [6, 6.07) is 37.0. The lowest BCUT2D eigenvalue weighted by Gasteiger charge is -2.29. The van der Waals surface area contributed by atoms with Gasteiger partial charge in [0.15, 0.2) is 46.1 Å². The van der Waals surface area contributed by atoms with Crippen LogP contribution in [0.2, 0.25) is 26.4 Å². The van der Waals surface area contributed by atoms with E-state index >= 15 is 0 Å². The van der Waals surface area contributed by atoms with Crippen LogP contribution in [0.5, 0.6) is 0 Å². The SMILES string of the molecule is C#CC#CC#CC#CC#C.Cc1cc(Nc2nc(Cl)nc3nccnc23)n[nH]1.Cc1nc(Cl)nc(Nc2n[nH]c3ccccc23)c1C.Clc1nc2c(c(Nc3n[nH]c4ccccc34)n1)CCCC2.Fc1ccc2[nH]nc(Nc3nc(Cl)nc4c3CCN(Cc3ccccc3)C4)c2c1.Fc1ccc2[nH]nc(Nc3nc(Cl)nc4c3CNCC4)c2c1. The Bertz CT molecular complexity index is 6660. The van der Waals surface area contributed by atoms with E-state index in [4.69, 9.17) is 70.9 Å². The summed E-state index contributed by atoms with van der Waals surface area (Å²) in [4.78, 5) is 53.1. The standard InChI is InChI=1S/C21H18ClFN6.C15H14ClN5.C14H12ClFN6.C13H12ClN5.C10H8ClN7.C10H2/c22-21-24-18-12-29(11-13-4-2-1-3-5-13)9-8-15(18)19(26-21)25-20-16-10-14(23)6-7-17(16)27-28-20;16-15-17-11-7-3-1-5-9(11)13(19-15)18-14-10-6-2-4-8-12(10)20-21-14;15-14-18-10-3-4-17-6-9(10)12(20-14)19-13-8-5-7(16)1-2-11(8)21-22-13;1-7-8(2)15-13(14)17-11(7)16-12-9-5-3-4-6-10(9)18-19-12;1-5-4-6(18-17-5)14-9-7-8(13-3-2-12-7)15-10(11)16-9;1-3-5-7-9-10-8-6-4-2/h1-7,10H,8-9,11-12H2,(H2,24,25,26,27,28);2,4,6,8H,1,3,5,7H2,(H2,17,18,19,20,21);1-2,5,17H,3-4,6H2,(H2,18,19,20,21,22);3-6H,1-2H3,(H2,15,16,17,18,19);2-4H,1H3,(H2,13,14,15,16,17,18);1-2H. The molecule has 5 aromatic carbocycles. The van der Waals surface area contributed by atoms with E-state index in [0.29, 0.717) is 75.8 Å². The van der Waals surface area contributed by atoms with Crippen molar-refractivity contribution in [2.24, 2.45) is 0 Å². The molecule has 1 aliphatic carbocycles. The molecule has 0 atom stereocenters. The second kappa shape index (κ2) is 38.6. The van der Waals surface area contributed by atoms with Gasteiger partial charge in [-0.1, -0.05) is 54.6 Å². The van der Waals surface area contributed by atoms with Crippen molar-refractivity contribution in [3.8, 4) is 60.2 Å². The second-order valence-corrected chi connectivity index (χ2v) is 28.1. The first-order chi connectivity index (χ1) is 57.9. The molecule has 0 fully saturated rings. The topological polar surface area (TPSA) is 373 Å². The van der Waals surface area contributed by atoms with Gasteiger partial charge in [0.1, 0.15) is 34.9 Å². The maximum Gasteiger partial charge on any atom is 0.226 e. The summed E-state index contributed by atoms with van der Waals surface area (Å²) in [5.74, 6) is 24.1. The number of hydrogen-bond acceptors (Lipinski definition) is 24. The minimum absolute atomic E-state index is 0.109. The summed E-state index contributed by atoms with van der Waals surface area (Å²) < 4.78 is 27.1. The summed E-state index contributed by atoms with van der Waals surface area (Å²) >= 11 is 30.0. The Morgan fingerprint density at radius 2 is 0.908 bits per heavy atom. The third-order valence-corrected chi connectivity index (χ3v) is 19.3. The molecular weight excluding hydrogens is 1620 g/mol. The average Bonchev–Trinajstić information content (AvgIpc) is 1.77. The van der Waals surface area contributed by atoms with Crippen LogP contribution in [0.3, 0.4) is 0 Å². The van der Waals surface area contributed by atoms with Gasteiger partial charge in [0.2, 0.25) is 26.4 Å². The molecule has 0 bridgehead atoms. The van der Waals surface area contributed by atoms with E-state index in [-0.39, 0.29) is 38.1 Å². The van der Waals surface area contributed by atoms with Crippen molar-refractivity contribution in [1.82, 2.24) is 121 Å². The molecule has 0 saturated heterocycles. The smallest absolute Gasteiger partial charge is 0.226 e. The number of fused-ring (bicyclic) bond motifs is 8. The zero-order valence-electron chi connectivity index (χ0n) is 63.3. The van der Waals surface area contributed by atoms with Crippen LogP contribution >= 0.6 is 58.0 Å². The molecule has 592 valence electrons. The van der Waals surface area contributed by atoms with Crippen LogP contribution < -0.4 is 31.9 Å². The quantitative estimate of drug-likeness (QED) is 0.0400. The molecule has 119 heavy (non-hydrogen) atoms. The van der Waals surface area contributed by atoms with Crippen LogP contribution in [-0.4, -0.2) is 129 Å². The van der Waals surface area contributed by atoms with E-state index in [0.717, 1.165) is 159 Å². The summed E-state index contributed by atoms with van der Waals surface area (Å²) in [6.45, 7) is 9.70. The Hall–Kier alpha value is -14.0. The molecule has 29 nitrogen and oxygen atoms in total. The van der Waals surface area contributed by atoms with E-state index in [1.807, 2.05) is 93.6 Å². The molecule has 16 aromatic rings. The van der Waals surface area contributed by atoms with E-state index in [1.165, 1.54) is 29.8 Å². The molecule has 2 aliphatic heterocycles. The number of aryl methyl sites for hydroxylation is 3. The number of para-hydroxylation sites is 2. The third-order valence-electron chi connectivity index (χ3n) is 18.4. The predicted molar refractivity (Wildman–Crippen MR) is 459 cm³/mol. The van der Waals surface area contributed by atoms with Crippen LogP contribution in [0, 0.1) is 92.6 Å². The lowest BCUT2D eigenvalue weighted by molar-refractivity contribution is 0.241. The first-order valence-electron chi connectivity index (χ1n) is 36.7. The van der Waals surface area contributed by atoms with Gasteiger partial charge in [-0.25, -0.2) is 58.6 Å². The van der Waals surface area contributed by atoms with Crippen LogP contribution in [0.4, 0.5) is 67.0 Å². The minimum atomic E-state index is -0.318. The van der Waals surface area contributed by atoms with Crippen LogP contribution in [-0.2, 0) is 45.3 Å². The molecule has 11 aromatic heterocycles. The van der Waals surface area contributed by atoms with Gasteiger partial charge in [-0.15, -0.1) is 12.8 Å². The summed E-state index contributed by atoms with van der Waals surface area (Å²) in [5.41, 5.74) is 14.5. The molecule has 0 saturated carbocycles. The zero-order valence-corrected chi connectivity index (χ0v) is 67.1. The van der Waals surface area contributed by atoms with Gasteiger partial charge in [0, 0.05) is 113 Å². The van der Waals surface area contributed by atoms with Gasteiger partial charge >= 0.3 is 0 Å². The van der Waals surface area contributed by atoms with E-state index in [9.17, 15) is 8.78 Å². The molecule has 0 radical (unpaired) electrons. The van der Waals surface area contributed by atoms with Crippen LogP contribution in [0.1, 0.15) is 69.1 Å². The summed E-state index contributed by atoms with van der Waals surface area (Å²) in [7, 11) is 0. The lowest BCUT2D eigenvalue weighted by atomic mass is 9.96. The van der Waals surface area contributed by atoms with Crippen molar-refractivity contribution in [3.05, 3.63) is 228 Å². The fourth-order valence-corrected chi connectivity index (χ4v) is 13.7. The number of H-pyrrole nitrogens is 5. The number of halogens is 7. The lowest BCUT2D eigenvalue weighted by Crippen LogP contribution is -2.31. The highest BCUT2D eigenvalue weighted by molar-refractivity contribution is 6.29. The van der Waals surface area contributed by atoms with Gasteiger partial charge in [0.25, 0.3) is 0 Å². The van der Waals surface area contributed by atoms with Gasteiger partial charge in [-0.05, 0) is 224 Å². The molecule has 0 unspecified atom stereocenters. The summed E-state index contributed by atoms with van der Waals surface area (Å²) in [6.07, 6.45) is 18.6. The van der Waals surface area contributed by atoms with Gasteiger partial charge in [-0.2, -0.15) is 35.5 Å². The molecule has 0 amide bonds. The molecule has 36 heteroatoms. The molecule has 19 rings (SSSR count). The Morgan fingerprint density at radius 1 is 0.429 bits per heavy atom. The van der Waals surface area contributed by atoms with Crippen molar-refractivity contribution >= 4 is 171 Å². The molecule has 0 spiro atoms. The molecule has 11 N–H and O–H groups in total. The van der Waals surface area contributed by atoms with Gasteiger partial charge in [0.05, 0.1) is 39.1 Å². The van der Waals surface area contributed by atoms with Crippen LogP contribution in [0.25, 0.3) is 54.8 Å². The Labute approximate surface area is 703 Å². The number of anilines is 10. The van der Waals surface area contributed by atoms with Crippen molar-refractivity contribution in [2.45, 2.75) is 78.9 Å². The normalized spacial score (nSPS) is 12.2. The van der Waals surface area contributed by atoms with Gasteiger partial charge in [-0.3, -0.25) is 30.4 Å². The van der Waals surface area contributed by atoms with E-state index in [1.54, 1.807) is 24.5 Å². The number of aromatic nitrogens is 22. The number of terminal acetylenes is 2. The minimum Gasteiger partial charge on any atom is -0.323 e. The fourth-order valence-electron chi connectivity index (χ4n) is 12.8.